The van der Waals surface area contributed by atoms with E-state index in [0.717, 1.165) is 0 Å². The molecule has 0 aromatic carbocycles. The Morgan fingerprint density at radius 1 is 1.50 bits per heavy atom. The van der Waals surface area contributed by atoms with Gasteiger partial charge < -0.3 is 15.3 Å². The Labute approximate surface area is 97.6 Å². The van der Waals surface area contributed by atoms with Crippen LogP contribution in [0.4, 0.5) is 0 Å². The van der Waals surface area contributed by atoms with Crippen LogP contribution in [0.1, 0.15) is 13.8 Å². The van der Waals surface area contributed by atoms with E-state index in [1.165, 1.54) is 6.92 Å². The highest BCUT2D eigenvalue weighted by Crippen LogP contribution is 2.20. The van der Waals surface area contributed by atoms with Gasteiger partial charge in [-0.05, 0) is 6.92 Å². The molecule has 0 aliphatic rings. The fraction of sp³-hybridized carbons (Fsp3) is 0.833. The summed E-state index contributed by atoms with van der Waals surface area (Å²) < 4.78 is 2.87. The first-order valence-corrected chi connectivity index (χ1v) is 4.52. The number of halogens is 3. The predicted molar refractivity (Wildman–Crippen MR) is 56.4 cm³/mol. The average molecular weight is 271 g/mol. The number of carbonyl (C=O) groups excluding carboxylic acids is 1. The molecule has 14 heavy (non-hydrogen) atoms. The number of aliphatic hydroxyl groups excluding tert-OH is 1. The van der Waals surface area contributed by atoms with Crippen molar-refractivity contribution in [3.63, 3.8) is 0 Å². The number of alkyl halides is 3. The molecular weight excluding hydrogens is 256 g/mol. The van der Waals surface area contributed by atoms with Crippen LogP contribution in [0.5, 0.6) is 0 Å². The fourth-order valence-corrected chi connectivity index (χ4v) is 0.472. The van der Waals surface area contributed by atoms with Crippen molar-refractivity contribution in [2.24, 2.45) is 0 Å². The third-order valence-corrected chi connectivity index (χ3v) is 1.03. The van der Waals surface area contributed by atoms with Gasteiger partial charge in [0.15, 0.2) is 0 Å². The molecular formula is C6H14Cl3NO4. The van der Waals surface area contributed by atoms with Crippen molar-refractivity contribution in [2.45, 2.75) is 17.8 Å². The van der Waals surface area contributed by atoms with E-state index in [9.17, 15) is 4.79 Å². The molecule has 0 radical (unpaired) electrons. The third-order valence-electron chi connectivity index (χ3n) is 0.627. The van der Waals surface area contributed by atoms with Crippen LogP contribution in [-0.4, -0.2) is 33.8 Å². The third kappa shape index (κ3) is 29.5. The molecule has 0 aromatic rings. The summed E-state index contributed by atoms with van der Waals surface area (Å²) >= 11 is 15.3. The van der Waals surface area contributed by atoms with E-state index in [-0.39, 0.29) is 18.2 Å². The normalized spacial score (nSPS) is 9.29. The summed E-state index contributed by atoms with van der Waals surface area (Å²) in [5.41, 5.74) is 0. The Morgan fingerprint density at radius 2 is 1.93 bits per heavy atom. The van der Waals surface area contributed by atoms with Crippen molar-refractivity contribution in [1.82, 2.24) is 5.32 Å². The first-order valence-electron chi connectivity index (χ1n) is 3.39. The second-order valence-electron chi connectivity index (χ2n) is 1.76. The van der Waals surface area contributed by atoms with Crippen molar-refractivity contribution in [2.75, 3.05) is 13.3 Å². The Morgan fingerprint density at radius 3 is 1.93 bits per heavy atom. The van der Waals surface area contributed by atoms with Gasteiger partial charge in [-0.25, -0.2) is 0 Å². The molecule has 0 bridgehead atoms. The Kier molecular flexibility index (Phi) is 15.9. The van der Waals surface area contributed by atoms with E-state index >= 15 is 0 Å². The summed E-state index contributed by atoms with van der Waals surface area (Å²) in [4.78, 5) is 9.82. The highest BCUT2D eigenvalue weighted by atomic mass is 35.6. The first-order chi connectivity index (χ1) is 5.83. The van der Waals surface area contributed by atoms with Crippen LogP contribution in [0.15, 0.2) is 0 Å². The van der Waals surface area contributed by atoms with Gasteiger partial charge in [-0.15, -0.1) is 0 Å². The maximum absolute atomic E-state index is 9.82. The Bertz CT molecular complexity index is 140. The van der Waals surface area contributed by atoms with Gasteiger partial charge >= 0.3 is 5.97 Å². The molecule has 88 valence electrons. The van der Waals surface area contributed by atoms with E-state index < -0.39 is 3.92 Å². The van der Waals surface area contributed by atoms with Gasteiger partial charge in [0.25, 0.3) is 0 Å². The first kappa shape index (κ1) is 19.7. The minimum atomic E-state index is -1.53. The van der Waals surface area contributed by atoms with Crippen molar-refractivity contribution in [1.29, 1.82) is 0 Å². The Balaban J connectivity index is -0.000000163. The highest BCUT2D eigenvalue weighted by molar-refractivity contribution is 6.67. The zero-order valence-electron chi connectivity index (χ0n) is 7.81. The molecule has 0 aromatic heterocycles. The molecule has 0 unspecified atom stereocenters. The lowest BCUT2D eigenvalue weighted by Crippen LogP contribution is -2.28. The largest absolute Gasteiger partial charge is 0.466 e. The van der Waals surface area contributed by atoms with Crippen molar-refractivity contribution < 1.29 is 20.1 Å². The molecule has 0 saturated heterocycles. The SMILES string of the molecule is CCOC(C)=O.O.OCNC(Cl)(Cl)Cl. The minimum absolute atomic E-state index is 0. The number of carbonyl (C=O) groups is 1. The van der Waals surface area contributed by atoms with E-state index in [0.29, 0.717) is 6.61 Å². The van der Waals surface area contributed by atoms with Crippen molar-refractivity contribution in [3.8, 4) is 0 Å². The summed E-state index contributed by atoms with van der Waals surface area (Å²) in [6, 6.07) is 0. The summed E-state index contributed by atoms with van der Waals surface area (Å²) in [7, 11) is 0. The summed E-state index contributed by atoms with van der Waals surface area (Å²) in [5.74, 6) is -0.211. The van der Waals surface area contributed by atoms with Gasteiger partial charge in [0.2, 0.25) is 3.92 Å². The monoisotopic (exact) mass is 269 g/mol. The van der Waals surface area contributed by atoms with Crippen LogP contribution in [-0.2, 0) is 9.53 Å². The topological polar surface area (TPSA) is 90.1 Å². The maximum Gasteiger partial charge on any atom is 0.302 e. The number of rotatable bonds is 2. The summed E-state index contributed by atoms with van der Waals surface area (Å²) in [5, 5.41) is 10.2. The second-order valence-corrected chi connectivity index (χ2v) is 4.04. The predicted octanol–water partition coefficient (Wildman–Crippen LogP) is 0.598. The van der Waals surface area contributed by atoms with Crippen molar-refractivity contribution in [3.05, 3.63) is 0 Å². The number of nitrogens with one attached hydrogen (secondary N) is 1. The molecule has 5 nitrogen and oxygen atoms in total. The van der Waals surface area contributed by atoms with E-state index in [4.69, 9.17) is 39.9 Å². The quantitative estimate of drug-likeness (QED) is 0.333. The van der Waals surface area contributed by atoms with E-state index in [1.807, 2.05) is 0 Å². The van der Waals surface area contributed by atoms with Gasteiger partial charge in [0.05, 0.1) is 13.3 Å². The van der Waals surface area contributed by atoms with E-state index in [2.05, 4.69) is 10.1 Å². The number of esters is 1. The molecule has 0 saturated carbocycles. The van der Waals surface area contributed by atoms with Gasteiger partial charge in [0, 0.05) is 6.92 Å². The highest BCUT2D eigenvalue weighted by Gasteiger charge is 2.16. The molecule has 8 heteroatoms. The van der Waals surface area contributed by atoms with Crippen LogP contribution in [0.2, 0.25) is 0 Å². The van der Waals surface area contributed by atoms with Crippen LogP contribution in [0, 0.1) is 0 Å². The molecule has 0 amide bonds. The number of hydrogen-bond donors (Lipinski definition) is 2. The zero-order valence-corrected chi connectivity index (χ0v) is 10.1. The smallest absolute Gasteiger partial charge is 0.302 e. The number of hydrogen-bond acceptors (Lipinski definition) is 4. The van der Waals surface area contributed by atoms with Gasteiger partial charge in [-0.2, -0.15) is 0 Å². The maximum atomic E-state index is 9.82. The molecule has 0 spiro atoms. The number of ether oxygens (including phenoxy) is 1. The van der Waals surface area contributed by atoms with Crippen LogP contribution in [0.25, 0.3) is 0 Å². The second kappa shape index (κ2) is 11.3. The van der Waals surface area contributed by atoms with Crippen LogP contribution in [0.3, 0.4) is 0 Å². The lowest BCUT2D eigenvalue weighted by Gasteiger charge is -2.08. The lowest BCUT2D eigenvalue weighted by atomic mass is 10.8. The minimum Gasteiger partial charge on any atom is -0.466 e. The fourth-order valence-electron chi connectivity index (χ4n) is 0.293. The van der Waals surface area contributed by atoms with Crippen LogP contribution >= 0.6 is 34.8 Å². The molecule has 0 atom stereocenters. The number of aliphatic hydroxyl groups is 1. The summed E-state index contributed by atoms with van der Waals surface area (Å²) in [6.45, 7) is 3.32. The van der Waals surface area contributed by atoms with Gasteiger partial charge in [-0.3, -0.25) is 10.1 Å². The standard InChI is InChI=1S/C4H8O2.C2H4Cl3NO.H2O/c1-3-6-4(2)5;3-2(4,5)6-1-7;/h3H2,1-2H3;6-7H,1H2;1H2. The molecule has 4 N–H and O–H groups in total. The van der Waals surface area contributed by atoms with E-state index in [1.54, 1.807) is 6.92 Å². The molecule has 0 aliphatic carbocycles. The average Bonchev–Trinajstić information content (AvgIpc) is 1.84. The van der Waals surface area contributed by atoms with Crippen molar-refractivity contribution >= 4 is 40.8 Å². The Hall–Kier alpha value is 0.220. The molecule has 0 heterocycles. The molecule has 0 rings (SSSR count). The van der Waals surface area contributed by atoms with Gasteiger partial charge in [-0.1, -0.05) is 34.8 Å². The lowest BCUT2D eigenvalue weighted by molar-refractivity contribution is -0.140. The van der Waals surface area contributed by atoms with Gasteiger partial charge in [0.1, 0.15) is 0 Å². The zero-order chi connectivity index (χ0) is 10.9. The molecule has 0 aliphatic heterocycles. The van der Waals surface area contributed by atoms with Crippen LogP contribution < -0.4 is 5.32 Å². The molecule has 0 fully saturated rings. The summed E-state index contributed by atoms with van der Waals surface area (Å²) in [6.07, 6.45) is 0.